The fourth-order valence-corrected chi connectivity index (χ4v) is 3.77. The van der Waals surface area contributed by atoms with Gasteiger partial charge in [0.2, 0.25) is 5.88 Å². The average molecular weight is 434 g/mol. The topological polar surface area (TPSA) is 78.6 Å². The van der Waals surface area contributed by atoms with Crippen molar-refractivity contribution in [3.63, 3.8) is 0 Å². The fraction of sp³-hybridized carbons (Fsp3) is 0.450. The quantitative estimate of drug-likeness (QED) is 0.753. The number of morpholine rings is 1. The van der Waals surface area contributed by atoms with E-state index in [1.165, 1.54) is 0 Å². The van der Waals surface area contributed by atoms with E-state index in [0.29, 0.717) is 31.3 Å². The van der Waals surface area contributed by atoms with Gasteiger partial charge in [-0.2, -0.15) is 0 Å². The Balaban J connectivity index is 1.81. The highest BCUT2D eigenvalue weighted by molar-refractivity contribution is 9.10. The highest BCUT2D eigenvalue weighted by Crippen LogP contribution is 2.50. The normalized spacial score (nSPS) is 24.1. The third kappa shape index (κ3) is 3.57. The Hall–Kier alpha value is -1.67. The van der Waals surface area contributed by atoms with Crippen LogP contribution >= 0.6 is 15.9 Å². The first-order valence-electron chi connectivity index (χ1n) is 9.02. The summed E-state index contributed by atoms with van der Waals surface area (Å²) < 4.78 is 19.3. The van der Waals surface area contributed by atoms with Gasteiger partial charge in [-0.25, -0.2) is 4.98 Å². The third-order valence-corrected chi connectivity index (χ3v) is 5.09. The second kappa shape index (κ2) is 6.74. The molecule has 1 saturated heterocycles. The van der Waals surface area contributed by atoms with Crippen molar-refractivity contribution in [2.45, 2.75) is 32.6 Å². The van der Waals surface area contributed by atoms with Crippen LogP contribution in [0.1, 0.15) is 31.9 Å². The molecule has 0 bridgehead atoms. The van der Waals surface area contributed by atoms with Crippen LogP contribution in [0.2, 0.25) is 0 Å². The maximum atomic E-state index is 6.35. The molecule has 1 fully saturated rings. The molecule has 3 heterocycles. The molecule has 3 N–H and O–H groups in total. The number of hydrogen-bond donors (Lipinski definition) is 2. The second-order valence-electron chi connectivity index (χ2n) is 8.22. The number of nitrogens with two attached hydrogens (primary N) is 1. The van der Waals surface area contributed by atoms with Gasteiger partial charge in [0.25, 0.3) is 0 Å². The second-order valence-corrected chi connectivity index (χ2v) is 9.14. The number of rotatable bonds is 2. The summed E-state index contributed by atoms with van der Waals surface area (Å²) in [5.41, 5.74) is 7.24. The molecule has 144 valence electrons. The zero-order valence-corrected chi connectivity index (χ0v) is 17.3. The standard InChI is InChI=1S/C20H24BrN3O3/c1-19(2,3)11-25-18-7-14-16(8-24-18)26-15-5-4-12(21)6-13(15)20(14)10-23-9-17(22)27-20/h4-8,17,23H,9-11,22H2,1-3H3/t17-,20?/m0/s1. The molecule has 2 aliphatic heterocycles. The molecule has 0 radical (unpaired) electrons. The molecule has 27 heavy (non-hydrogen) atoms. The number of nitrogens with zero attached hydrogens (tertiary/aromatic N) is 1. The summed E-state index contributed by atoms with van der Waals surface area (Å²) in [4.78, 5) is 4.42. The van der Waals surface area contributed by atoms with Gasteiger partial charge in [-0.1, -0.05) is 36.7 Å². The zero-order valence-electron chi connectivity index (χ0n) is 15.7. The largest absolute Gasteiger partial charge is 0.477 e. The number of ether oxygens (including phenoxy) is 3. The molecule has 1 aromatic heterocycles. The van der Waals surface area contributed by atoms with E-state index in [1.54, 1.807) is 6.20 Å². The minimum Gasteiger partial charge on any atom is -0.477 e. The maximum Gasteiger partial charge on any atom is 0.213 e. The summed E-state index contributed by atoms with van der Waals surface area (Å²) in [7, 11) is 0. The number of pyridine rings is 1. The third-order valence-electron chi connectivity index (χ3n) is 4.60. The Morgan fingerprint density at radius 1 is 1.30 bits per heavy atom. The summed E-state index contributed by atoms with van der Waals surface area (Å²) in [5.74, 6) is 1.95. The molecule has 0 amide bonds. The van der Waals surface area contributed by atoms with E-state index in [9.17, 15) is 0 Å². The van der Waals surface area contributed by atoms with E-state index in [0.717, 1.165) is 21.3 Å². The first kappa shape index (κ1) is 18.7. The van der Waals surface area contributed by atoms with Gasteiger partial charge in [0.1, 0.15) is 17.6 Å². The number of halogens is 1. The molecular formula is C20H24BrN3O3. The van der Waals surface area contributed by atoms with Crippen LogP contribution in [0.15, 0.2) is 34.9 Å². The van der Waals surface area contributed by atoms with Crippen LogP contribution < -0.4 is 20.5 Å². The number of hydrogen-bond acceptors (Lipinski definition) is 6. The van der Waals surface area contributed by atoms with Crippen LogP contribution in [0.4, 0.5) is 0 Å². The summed E-state index contributed by atoms with van der Waals surface area (Å²) in [5, 5.41) is 3.39. The Kier molecular flexibility index (Phi) is 4.66. The Morgan fingerprint density at radius 3 is 2.81 bits per heavy atom. The minimum atomic E-state index is -0.757. The number of benzene rings is 1. The van der Waals surface area contributed by atoms with Gasteiger partial charge in [0.15, 0.2) is 5.75 Å². The molecule has 2 aromatic rings. The lowest BCUT2D eigenvalue weighted by atomic mass is 9.82. The van der Waals surface area contributed by atoms with Crippen LogP contribution in [-0.4, -0.2) is 30.9 Å². The van der Waals surface area contributed by atoms with Gasteiger partial charge in [0.05, 0.1) is 12.8 Å². The van der Waals surface area contributed by atoms with E-state index >= 15 is 0 Å². The van der Waals surface area contributed by atoms with E-state index in [2.05, 4.69) is 47.0 Å². The minimum absolute atomic E-state index is 0.0362. The highest BCUT2D eigenvalue weighted by atomic mass is 79.9. The van der Waals surface area contributed by atoms with Gasteiger partial charge >= 0.3 is 0 Å². The molecule has 1 unspecified atom stereocenters. The molecule has 2 aliphatic rings. The van der Waals surface area contributed by atoms with Gasteiger partial charge in [-0.05, 0) is 23.6 Å². The summed E-state index contributed by atoms with van der Waals surface area (Å²) in [6, 6.07) is 7.80. The predicted octanol–water partition coefficient (Wildman–Crippen LogP) is 3.52. The molecule has 2 atom stereocenters. The summed E-state index contributed by atoms with van der Waals surface area (Å²) in [6.45, 7) is 8.11. The van der Waals surface area contributed by atoms with Crippen molar-refractivity contribution in [2.75, 3.05) is 19.7 Å². The maximum absolute atomic E-state index is 6.35. The molecular weight excluding hydrogens is 410 g/mol. The van der Waals surface area contributed by atoms with Crippen LogP contribution in [0.5, 0.6) is 17.4 Å². The molecule has 0 aliphatic carbocycles. The van der Waals surface area contributed by atoms with Crippen LogP contribution in [0, 0.1) is 5.41 Å². The van der Waals surface area contributed by atoms with E-state index in [4.69, 9.17) is 19.9 Å². The van der Waals surface area contributed by atoms with Crippen molar-refractivity contribution < 1.29 is 14.2 Å². The van der Waals surface area contributed by atoms with Gasteiger partial charge in [-0.15, -0.1) is 0 Å². The van der Waals surface area contributed by atoms with Crippen LogP contribution in [0.3, 0.4) is 0 Å². The number of aromatic nitrogens is 1. The van der Waals surface area contributed by atoms with Gasteiger partial charge in [0, 0.05) is 34.8 Å². The first-order chi connectivity index (χ1) is 12.8. The van der Waals surface area contributed by atoms with Crippen molar-refractivity contribution >= 4 is 15.9 Å². The smallest absolute Gasteiger partial charge is 0.213 e. The Morgan fingerprint density at radius 2 is 2.07 bits per heavy atom. The summed E-state index contributed by atoms with van der Waals surface area (Å²) >= 11 is 3.56. The fourth-order valence-electron chi connectivity index (χ4n) is 3.41. The zero-order chi connectivity index (χ0) is 19.2. The van der Waals surface area contributed by atoms with Crippen LogP contribution in [0.25, 0.3) is 0 Å². The van der Waals surface area contributed by atoms with Gasteiger partial charge in [-0.3, -0.25) is 0 Å². The number of fused-ring (bicyclic) bond motifs is 4. The first-order valence-corrected chi connectivity index (χ1v) is 9.81. The average Bonchev–Trinajstić information content (AvgIpc) is 2.61. The summed E-state index contributed by atoms with van der Waals surface area (Å²) in [6.07, 6.45) is 1.27. The van der Waals surface area contributed by atoms with Crippen molar-refractivity contribution in [3.8, 4) is 17.4 Å². The van der Waals surface area contributed by atoms with Crippen molar-refractivity contribution in [1.29, 1.82) is 0 Å². The predicted molar refractivity (Wildman–Crippen MR) is 106 cm³/mol. The molecule has 1 aromatic carbocycles. The Bertz CT molecular complexity index is 868. The molecule has 0 saturated carbocycles. The Labute approximate surface area is 167 Å². The van der Waals surface area contributed by atoms with E-state index < -0.39 is 11.8 Å². The molecule has 4 rings (SSSR count). The lowest BCUT2D eigenvalue weighted by Gasteiger charge is -2.44. The lowest BCUT2D eigenvalue weighted by Crippen LogP contribution is -2.56. The highest BCUT2D eigenvalue weighted by Gasteiger charge is 2.47. The van der Waals surface area contributed by atoms with Crippen molar-refractivity contribution in [2.24, 2.45) is 11.1 Å². The lowest BCUT2D eigenvalue weighted by molar-refractivity contribution is -0.0972. The molecule has 6 nitrogen and oxygen atoms in total. The van der Waals surface area contributed by atoms with E-state index in [1.807, 2.05) is 24.3 Å². The molecule has 1 spiro atoms. The van der Waals surface area contributed by atoms with E-state index in [-0.39, 0.29) is 5.41 Å². The monoisotopic (exact) mass is 433 g/mol. The van der Waals surface area contributed by atoms with Crippen molar-refractivity contribution in [1.82, 2.24) is 10.3 Å². The number of nitrogens with one attached hydrogen (secondary N) is 1. The van der Waals surface area contributed by atoms with Crippen LogP contribution in [-0.2, 0) is 10.3 Å². The molecule has 7 heteroatoms. The van der Waals surface area contributed by atoms with Gasteiger partial charge < -0.3 is 25.3 Å². The van der Waals surface area contributed by atoms with Crippen molar-refractivity contribution in [3.05, 3.63) is 46.1 Å². The SMILES string of the molecule is CC(C)(C)COc1cc2c(cn1)Oc1ccc(Br)cc1C21CNC[C@@H](N)O1.